The molecular formula is C39H41N5O8S. The minimum Gasteiger partial charge on any atom is -0.508 e. The highest BCUT2D eigenvalue weighted by Gasteiger charge is 2.51. The lowest BCUT2D eigenvalue weighted by Gasteiger charge is -2.55. The summed E-state index contributed by atoms with van der Waals surface area (Å²) >= 11 is 0. The van der Waals surface area contributed by atoms with Crippen LogP contribution >= 0.6 is 0 Å². The number of aromatic hydroxyl groups is 1. The molecule has 2 atom stereocenters. The van der Waals surface area contributed by atoms with Gasteiger partial charge in [0.1, 0.15) is 22.9 Å². The Bertz CT molecular complexity index is 2080. The van der Waals surface area contributed by atoms with E-state index in [-0.39, 0.29) is 67.2 Å². The van der Waals surface area contributed by atoms with Crippen molar-refractivity contribution in [2.45, 2.75) is 43.5 Å². The van der Waals surface area contributed by atoms with Crippen LogP contribution in [0.1, 0.15) is 22.3 Å². The summed E-state index contributed by atoms with van der Waals surface area (Å²) in [6.07, 6.45) is 0.731. The summed E-state index contributed by atoms with van der Waals surface area (Å²) in [5.74, 6) is -0.678. The summed E-state index contributed by atoms with van der Waals surface area (Å²) in [6, 6.07) is 25.3. The topological polar surface area (TPSA) is 149 Å². The average Bonchev–Trinajstić information content (AvgIpc) is 3.14. The van der Waals surface area contributed by atoms with Crippen molar-refractivity contribution in [3.05, 3.63) is 132 Å². The van der Waals surface area contributed by atoms with Crippen molar-refractivity contribution in [2.75, 3.05) is 26.7 Å². The molecule has 2 aliphatic heterocycles. The molecule has 0 bridgehead atoms. The smallest absolute Gasteiger partial charge is 0.339 e. The van der Waals surface area contributed by atoms with Crippen LogP contribution in [-0.4, -0.2) is 90.1 Å². The van der Waals surface area contributed by atoms with Crippen molar-refractivity contribution in [2.24, 2.45) is 0 Å². The quantitative estimate of drug-likeness (QED) is 0.161. The zero-order chi connectivity index (χ0) is 37.7. The van der Waals surface area contributed by atoms with Crippen LogP contribution in [0, 0.1) is 6.92 Å². The molecule has 14 heteroatoms. The van der Waals surface area contributed by atoms with Crippen LogP contribution < -0.4 is 14.2 Å². The predicted molar refractivity (Wildman–Crippen MR) is 196 cm³/mol. The number of hydrazine groups is 1. The molecule has 0 spiro atoms. The number of phenols is 1. The molecule has 0 radical (unpaired) electrons. The number of para-hydroxylation sites is 1. The molecule has 4 amide bonds. The largest absolute Gasteiger partial charge is 0.508 e. The van der Waals surface area contributed by atoms with Crippen LogP contribution in [0.25, 0.3) is 0 Å². The van der Waals surface area contributed by atoms with Gasteiger partial charge in [-0.2, -0.15) is 8.42 Å². The van der Waals surface area contributed by atoms with Gasteiger partial charge in [0.15, 0.2) is 11.5 Å². The number of nitrogens with one attached hydrogen (secondary N) is 1. The second-order valence-corrected chi connectivity index (χ2v) is 14.4. The maximum Gasteiger partial charge on any atom is 0.339 e. The van der Waals surface area contributed by atoms with Gasteiger partial charge in [0.05, 0.1) is 20.2 Å². The van der Waals surface area contributed by atoms with E-state index in [0.717, 1.165) is 11.1 Å². The first-order valence-corrected chi connectivity index (χ1v) is 18.4. The van der Waals surface area contributed by atoms with Crippen molar-refractivity contribution < 1.29 is 36.8 Å². The van der Waals surface area contributed by atoms with Gasteiger partial charge >= 0.3 is 16.1 Å². The lowest BCUT2D eigenvalue weighted by Crippen LogP contribution is -2.76. The second kappa shape index (κ2) is 15.8. The van der Waals surface area contributed by atoms with Crippen molar-refractivity contribution >= 4 is 28.0 Å². The summed E-state index contributed by atoms with van der Waals surface area (Å²) in [5, 5.41) is 15.9. The number of carbonyl (C=O) groups excluding carboxylic acids is 3. The van der Waals surface area contributed by atoms with Crippen molar-refractivity contribution in [1.82, 2.24) is 25.1 Å². The molecular weight excluding hydrogens is 699 g/mol. The van der Waals surface area contributed by atoms with Gasteiger partial charge in [-0.1, -0.05) is 78.4 Å². The number of fused-ring (bicyclic) bond motifs is 1. The number of benzene rings is 4. The number of methoxy groups -OCH3 is 1. The highest BCUT2D eigenvalue weighted by Crippen LogP contribution is 2.36. The molecule has 4 aromatic carbocycles. The monoisotopic (exact) mass is 739 g/mol. The first-order chi connectivity index (χ1) is 25.5. The summed E-state index contributed by atoms with van der Waals surface area (Å²) in [7, 11) is -2.93. The molecule has 2 fully saturated rings. The summed E-state index contributed by atoms with van der Waals surface area (Å²) < 4.78 is 38.2. The molecule has 276 valence electrons. The number of rotatable bonds is 12. The van der Waals surface area contributed by atoms with E-state index in [4.69, 9.17) is 8.92 Å². The zero-order valence-corrected chi connectivity index (χ0v) is 30.2. The van der Waals surface area contributed by atoms with E-state index in [2.05, 4.69) is 11.9 Å². The number of aryl methyl sites for hydroxylation is 1. The van der Waals surface area contributed by atoms with E-state index in [1.54, 1.807) is 53.5 Å². The van der Waals surface area contributed by atoms with Crippen LogP contribution in [0.5, 0.6) is 17.2 Å². The van der Waals surface area contributed by atoms with Crippen LogP contribution in [0.4, 0.5) is 4.79 Å². The van der Waals surface area contributed by atoms with Gasteiger partial charge in [0.2, 0.25) is 11.8 Å². The van der Waals surface area contributed by atoms with E-state index in [0.29, 0.717) is 11.1 Å². The highest BCUT2D eigenvalue weighted by atomic mass is 32.2. The van der Waals surface area contributed by atoms with E-state index < -0.39 is 34.3 Å². The minimum atomic E-state index is -4.32. The summed E-state index contributed by atoms with van der Waals surface area (Å²) in [4.78, 5) is 45.5. The SMILES string of the molecule is C=CCN1CC(=O)N2[C@@H](Cc3ccc(O)cc3)C(=O)N(Cc3cccc(OC)c3OS(=O)(=O)c3ccc(C)cc3)C[C@@H]2N1C(=O)NCc1ccccc1. The van der Waals surface area contributed by atoms with Crippen LogP contribution in [0.3, 0.4) is 0 Å². The Morgan fingerprint density at radius 1 is 0.962 bits per heavy atom. The van der Waals surface area contributed by atoms with Gasteiger partial charge in [0.25, 0.3) is 0 Å². The maximum atomic E-state index is 14.5. The van der Waals surface area contributed by atoms with Gasteiger partial charge in [-0.25, -0.2) is 14.8 Å². The Morgan fingerprint density at radius 3 is 2.36 bits per heavy atom. The fraction of sp³-hybridized carbons (Fsp3) is 0.256. The van der Waals surface area contributed by atoms with Crippen LogP contribution in [-0.2, 0) is 39.2 Å². The number of nitrogens with zero attached hydrogens (tertiary/aromatic N) is 4. The molecule has 53 heavy (non-hydrogen) atoms. The van der Waals surface area contributed by atoms with Gasteiger partial charge in [0, 0.05) is 31.6 Å². The highest BCUT2D eigenvalue weighted by molar-refractivity contribution is 7.87. The molecule has 2 aliphatic rings. The lowest BCUT2D eigenvalue weighted by molar-refractivity contribution is -0.189. The van der Waals surface area contributed by atoms with Gasteiger partial charge < -0.3 is 29.1 Å². The number of hydrogen-bond acceptors (Lipinski definition) is 9. The third kappa shape index (κ3) is 8.13. The second-order valence-electron chi connectivity index (χ2n) is 12.8. The third-order valence-corrected chi connectivity index (χ3v) is 10.4. The Balaban J connectivity index is 1.38. The van der Waals surface area contributed by atoms with Gasteiger partial charge in [-0.05, 0) is 48.4 Å². The zero-order valence-electron chi connectivity index (χ0n) is 29.4. The first-order valence-electron chi connectivity index (χ1n) is 17.0. The Hall–Kier alpha value is -5.86. The van der Waals surface area contributed by atoms with Crippen molar-refractivity contribution in [3.63, 3.8) is 0 Å². The first kappa shape index (κ1) is 36.9. The van der Waals surface area contributed by atoms with E-state index in [1.165, 1.54) is 46.2 Å². The fourth-order valence-corrected chi connectivity index (χ4v) is 7.54. The molecule has 2 heterocycles. The maximum absolute atomic E-state index is 14.5. The molecule has 2 N–H and O–H groups in total. The standard InChI is InChI=1S/C39H41N5O8S/c1-4-21-42-26-36(46)43-33(22-28-15-17-31(45)18-16-28)38(47)41(25-35(43)44(42)39(48)40-23-29-9-6-5-7-10-29)24-30-11-8-12-34(51-3)37(30)52-53(49,50)32-19-13-27(2)14-20-32/h4-20,33,35,45H,1,21-26H2,2-3H3,(H,40,48)/t33-,35-/m0/s1. The van der Waals surface area contributed by atoms with Gasteiger partial charge in [-0.3, -0.25) is 9.59 Å². The van der Waals surface area contributed by atoms with E-state index in [9.17, 15) is 27.9 Å². The summed E-state index contributed by atoms with van der Waals surface area (Å²) in [5.41, 5.74) is 2.75. The molecule has 0 saturated carbocycles. The number of piperazine rings is 1. The normalized spacial score (nSPS) is 17.7. The van der Waals surface area contributed by atoms with Crippen molar-refractivity contribution in [1.29, 1.82) is 0 Å². The Kier molecular flexibility index (Phi) is 11.0. The van der Waals surface area contributed by atoms with E-state index in [1.807, 2.05) is 37.3 Å². The lowest BCUT2D eigenvalue weighted by atomic mass is 9.98. The Morgan fingerprint density at radius 2 is 1.68 bits per heavy atom. The van der Waals surface area contributed by atoms with Crippen molar-refractivity contribution in [3.8, 4) is 17.2 Å². The number of urea groups is 1. The fourth-order valence-electron chi connectivity index (χ4n) is 6.56. The number of carbonyl (C=O) groups is 3. The number of ether oxygens (including phenoxy) is 1. The summed E-state index contributed by atoms with van der Waals surface area (Å²) in [6.45, 7) is 5.64. The molecule has 4 aromatic rings. The number of hydrogen-bond donors (Lipinski definition) is 2. The van der Waals surface area contributed by atoms with Gasteiger partial charge in [-0.15, -0.1) is 6.58 Å². The molecule has 0 aromatic heterocycles. The average molecular weight is 740 g/mol. The molecule has 0 aliphatic carbocycles. The molecule has 6 rings (SSSR count). The molecule has 0 unspecified atom stereocenters. The van der Waals surface area contributed by atoms with E-state index >= 15 is 0 Å². The number of amides is 4. The van der Waals surface area contributed by atoms with Crippen LogP contribution in [0.2, 0.25) is 0 Å². The number of phenolic OH excluding ortho intramolecular Hbond substituents is 1. The van der Waals surface area contributed by atoms with Crippen LogP contribution in [0.15, 0.2) is 115 Å². The molecule has 2 saturated heterocycles. The minimum absolute atomic E-state index is 0.0461. The predicted octanol–water partition coefficient (Wildman–Crippen LogP) is 4.21. The third-order valence-electron chi connectivity index (χ3n) is 9.17. The Labute approximate surface area is 308 Å². The molecule has 13 nitrogen and oxygen atoms in total.